The number of carbonyl (C=O) groups excluding carboxylic acids is 1. The van der Waals surface area contributed by atoms with Crippen LogP contribution in [0.15, 0.2) is 29.4 Å². The molecule has 0 atom stereocenters. The number of aromatic nitrogens is 2. The number of benzene rings is 1. The van der Waals surface area contributed by atoms with E-state index in [0.29, 0.717) is 41.0 Å². The lowest BCUT2D eigenvalue weighted by molar-refractivity contribution is -0.116. The summed E-state index contributed by atoms with van der Waals surface area (Å²) in [5, 5.41) is 2.85. The summed E-state index contributed by atoms with van der Waals surface area (Å²) in [5.74, 6) is -2.15. The average Bonchev–Trinajstić information content (AvgIpc) is 2.54. The van der Waals surface area contributed by atoms with Gasteiger partial charge in [-0.25, -0.2) is 9.97 Å². The van der Waals surface area contributed by atoms with Gasteiger partial charge in [0, 0.05) is 17.8 Å². The van der Waals surface area contributed by atoms with Crippen molar-refractivity contribution in [2.45, 2.75) is 37.6 Å². The number of halogens is 2. The van der Waals surface area contributed by atoms with Crippen LogP contribution >= 0.6 is 11.8 Å². The van der Waals surface area contributed by atoms with Gasteiger partial charge in [0.2, 0.25) is 5.91 Å². The van der Waals surface area contributed by atoms with Gasteiger partial charge in [-0.3, -0.25) is 4.79 Å². The molecule has 2 aromatic rings. The third-order valence-electron chi connectivity index (χ3n) is 3.58. The molecule has 5 nitrogen and oxygen atoms in total. The molecule has 8 heteroatoms. The molecular formula is C17H19F2N3O2S. The van der Waals surface area contributed by atoms with Crippen LogP contribution in [0.5, 0.6) is 5.75 Å². The summed E-state index contributed by atoms with van der Waals surface area (Å²) < 4.78 is 30.0. The molecule has 25 heavy (non-hydrogen) atoms. The average molecular weight is 367 g/mol. The van der Waals surface area contributed by atoms with Gasteiger partial charge < -0.3 is 10.1 Å². The van der Waals surface area contributed by atoms with Gasteiger partial charge in [-0.1, -0.05) is 12.1 Å². The van der Waals surface area contributed by atoms with E-state index in [4.69, 9.17) is 4.74 Å². The van der Waals surface area contributed by atoms with Crippen molar-refractivity contribution >= 4 is 23.4 Å². The van der Waals surface area contributed by atoms with Gasteiger partial charge in [0.1, 0.15) is 5.75 Å². The van der Waals surface area contributed by atoms with E-state index >= 15 is 0 Å². The van der Waals surface area contributed by atoms with Gasteiger partial charge in [-0.15, -0.1) is 0 Å². The van der Waals surface area contributed by atoms with E-state index in [-0.39, 0.29) is 17.5 Å². The van der Waals surface area contributed by atoms with Crippen molar-refractivity contribution in [2.75, 3.05) is 12.4 Å². The van der Waals surface area contributed by atoms with Crippen molar-refractivity contribution in [3.05, 3.63) is 41.2 Å². The lowest BCUT2D eigenvalue weighted by atomic mass is 10.1. The molecule has 1 aromatic carbocycles. The maximum absolute atomic E-state index is 12.4. The third-order valence-corrected chi connectivity index (χ3v) is 4.15. The molecule has 134 valence electrons. The van der Waals surface area contributed by atoms with Gasteiger partial charge >= 0.3 is 0 Å². The number of nitrogens with zero attached hydrogens (tertiary/aromatic N) is 2. The fraction of sp³-hybridized carbons (Fsp3) is 0.353. The molecule has 0 saturated heterocycles. The van der Waals surface area contributed by atoms with Crippen LogP contribution in [0.2, 0.25) is 0 Å². The first-order valence-electron chi connectivity index (χ1n) is 7.62. The zero-order chi connectivity index (χ0) is 18.4. The summed E-state index contributed by atoms with van der Waals surface area (Å²) in [6.07, 6.45) is 0.655. The fourth-order valence-electron chi connectivity index (χ4n) is 2.40. The van der Waals surface area contributed by atoms with Gasteiger partial charge in [-0.05, 0) is 49.7 Å². The van der Waals surface area contributed by atoms with Crippen LogP contribution in [-0.2, 0) is 11.2 Å². The fourth-order valence-corrected chi connectivity index (χ4v) is 2.94. The minimum atomic E-state index is -2.56. The predicted octanol–water partition coefficient (Wildman–Crippen LogP) is 3.99. The first-order chi connectivity index (χ1) is 11.9. The Bertz CT molecular complexity index is 733. The Morgan fingerprint density at radius 3 is 2.48 bits per heavy atom. The second-order valence-corrected chi connectivity index (χ2v) is 6.24. The smallest absolute Gasteiger partial charge is 0.291 e. The van der Waals surface area contributed by atoms with E-state index in [1.165, 1.54) is 7.11 Å². The second kappa shape index (κ2) is 8.75. The molecule has 0 aliphatic carbocycles. The Morgan fingerprint density at radius 1 is 1.24 bits per heavy atom. The van der Waals surface area contributed by atoms with Crippen LogP contribution < -0.4 is 10.1 Å². The zero-order valence-corrected chi connectivity index (χ0v) is 15.0. The number of alkyl halides is 2. The van der Waals surface area contributed by atoms with E-state index in [9.17, 15) is 13.6 Å². The molecule has 0 fully saturated rings. The molecule has 0 aliphatic heterocycles. The SMILES string of the molecule is COc1ccccc1NC(=O)CCc1c(C)nc(SC(F)F)nc1C. The summed E-state index contributed by atoms with van der Waals surface area (Å²) in [6, 6.07) is 7.14. The molecule has 0 aliphatic rings. The number of methoxy groups -OCH3 is 1. The second-order valence-electron chi connectivity index (χ2n) is 5.28. The molecule has 0 radical (unpaired) electrons. The molecular weight excluding hydrogens is 348 g/mol. The molecule has 2 rings (SSSR count). The Labute approximate surface area is 149 Å². The number of thioether (sulfide) groups is 1. The monoisotopic (exact) mass is 367 g/mol. The van der Waals surface area contributed by atoms with Crippen LogP contribution in [0.4, 0.5) is 14.5 Å². The summed E-state index contributed by atoms with van der Waals surface area (Å²) in [5.41, 5.74) is 2.62. The minimum absolute atomic E-state index is 0.0484. The van der Waals surface area contributed by atoms with Gasteiger partial charge in [0.15, 0.2) is 5.16 Å². The van der Waals surface area contributed by atoms with Crippen LogP contribution in [0.3, 0.4) is 0 Å². The van der Waals surface area contributed by atoms with Crippen LogP contribution in [-0.4, -0.2) is 28.7 Å². The number of para-hydroxylation sites is 2. The van der Waals surface area contributed by atoms with Crippen LogP contribution in [0, 0.1) is 13.8 Å². The molecule has 0 spiro atoms. The zero-order valence-electron chi connectivity index (χ0n) is 14.2. The van der Waals surface area contributed by atoms with Crippen molar-refractivity contribution < 1.29 is 18.3 Å². The van der Waals surface area contributed by atoms with Crippen LogP contribution in [0.25, 0.3) is 0 Å². The largest absolute Gasteiger partial charge is 0.495 e. The maximum Gasteiger partial charge on any atom is 0.291 e. The maximum atomic E-state index is 12.4. The van der Waals surface area contributed by atoms with Crippen molar-refractivity contribution in [1.82, 2.24) is 9.97 Å². The number of hydrogen-bond acceptors (Lipinski definition) is 5. The topological polar surface area (TPSA) is 64.1 Å². The molecule has 1 heterocycles. The highest BCUT2D eigenvalue weighted by atomic mass is 32.2. The van der Waals surface area contributed by atoms with Crippen LogP contribution in [0.1, 0.15) is 23.4 Å². The quantitative estimate of drug-likeness (QED) is 0.592. The van der Waals surface area contributed by atoms with Gasteiger partial charge in [0.05, 0.1) is 12.8 Å². The van der Waals surface area contributed by atoms with E-state index in [1.807, 2.05) is 6.07 Å². The van der Waals surface area contributed by atoms with Gasteiger partial charge in [0.25, 0.3) is 5.76 Å². The number of hydrogen-bond donors (Lipinski definition) is 1. The number of aryl methyl sites for hydroxylation is 2. The van der Waals surface area contributed by atoms with Crippen molar-refractivity contribution in [2.24, 2.45) is 0 Å². The number of amides is 1. The highest BCUT2D eigenvalue weighted by Gasteiger charge is 2.14. The number of ether oxygens (including phenoxy) is 1. The normalized spacial score (nSPS) is 10.8. The van der Waals surface area contributed by atoms with Crippen molar-refractivity contribution in [3.63, 3.8) is 0 Å². The van der Waals surface area contributed by atoms with Crippen molar-refractivity contribution in [1.29, 1.82) is 0 Å². The minimum Gasteiger partial charge on any atom is -0.495 e. The summed E-state index contributed by atoms with van der Waals surface area (Å²) >= 11 is 0.317. The lowest BCUT2D eigenvalue weighted by Crippen LogP contribution is -2.14. The van der Waals surface area contributed by atoms with Crippen molar-refractivity contribution in [3.8, 4) is 5.75 Å². The predicted molar refractivity (Wildman–Crippen MR) is 93.3 cm³/mol. The molecule has 1 amide bonds. The standard InChI is InChI=1S/C17H19F2N3O2S/c1-10-12(11(2)21-17(20-10)25-16(18)19)8-9-15(23)22-13-6-4-5-7-14(13)24-3/h4-7,16H,8-9H2,1-3H3,(H,22,23). The summed E-state index contributed by atoms with van der Waals surface area (Å²) in [6.45, 7) is 3.47. The van der Waals surface area contributed by atoms with Gasteiger partial charge in [-0.2, -0.15) is 8.78 Å². The molecule has 0 saturated carbocycles. The first-order valence-corrected chi connectivity index (χ1v) is 8.50. The lowest BCUT2D eigenvalue weighted by Gasteiger charge is -2.12. The van der Waals surface area contributed by atoms with E-state index in [1.54, 1.807) is 32.0 Å². The third kappa shape index (κ3) is 5.38. The Morgan fingerprint density at radius 2 is 1.88 bits per heavy atom. The van der Waals surface area contributed by atoms with E-state index in [2.05, 4.69) is 15.3 Å². The number of anilines is 1. The Balaban J connectivity index is 2.02. The molecule has 0 bridgehead atoms. The Kier molecular flexibility index (Phi) is 6.69. The van der Waals surface area contributed by atoms with E-state index < -0.39 is 5.76 Å². The highest BCUT2D eigenvalue weighted by molar-refractivity contribution is 7.99. The summed E-state index contributed by atoms with van der Waals surface area (Å²) in [7, 11) is 1.54. The summed E-state index contributed by atoms with van der Waals surface area (Å²) in [4.78, 5) is 20.3. The van der Waals surface area contributed by atoms with E-state index in [0.717, 1.165) is 5.56 Å². The Hall–Kier alpha value is -2.22. The molecule has 1 N–H and O–H groups in total. The first kappa shape index (κ1) is 19.1. The molecule has 1 aromatic heterocycles. The number of rotatable bonds is 7. The number of carbonyl (C=O) groups is 1. The highest BCUT2D eigenvalue weighted by Crippen LogP contribution is 2.25. The molecule has 0 unspecified atom stereocenters. The number of nitrogens with one attached hydrogen (secondary N) is 1.